The van der Waals surface area contributed by atoms with E-state index in [0.717, 1.165) is 34.6 Å². The highest BCUT2D eigenvalue weighted by molar-refractivity contribution is 6.00. The van der Waals surface area contributed by atoms with Gasteiger partial charge in [0.1, 0.15) is 11.8 Å². The van der Waals surface area contributed by atoms with Gasteiger partial charge < -0.3 is 19.5 Å². The van der Waals surface area contributed by atoms with Crippen LogP contribution < -0.4 is 19.5 Å². The monoisotopic (exact) mass is 474 g/mol. The predicted octanol–water partition coefficient (Wildman–Crippen LogP) is 5.02. The van der Waals surface area contributed by atoms with Gasteiger partial charge in [0.15, 0.2) is 23.1 Å². The zero-order valence-electron chi connectivity index (χ0n) is 20.7. The van der Waals surface area contributed by atoms with Gasteiger partial charge in [-0.05, 0) is 54.7 Å². The number of nitrogens with one attached hydrogen (secondary N) is 1. The molecule has 5 rings (SSSR count). The number of carbonyl (C=O) groups excluding carboxylic acids is 1. The van der Waals surface area contributed by atoms with E-state index in [-0.39, 0.29) is 17.2 Å². The van der Waals surface area contributed by atoms with Gasteiger partial charge in [-0.15, -0.1) is 5.10 Å². The third-order valence-electron chi connectivity index (χ3n) is 6.48. The Kier molecular flexibility index (Phi) is 5.75. The van der Waals surface area contributed by atoms with Crippen LogP contribution in [-0.4, -0.2) is 41.4 Å². The molecule has 2 heterocycles. The Labute approximate surface area is 204 Å². The van der Waals surface area contributed by atoms with Crippen LogP contribution in [0.1, 0.15) is 45.2 Å². The molecule has 0 saturated carbocycles. The number of Topliss-reactive ketones (excluding diaryl/α,β-unsaturated/α-hetero) is 1. The molecule has 2 aromatic carbocycles. The van der Waals surface area contributed by atoms with Crippen molar-refractivity contribution in [1.29, 1.82) is 0 Å². The van der Waals surface area contributed by atoms with E-state index in [1.165, 1.54) is 0 Å². The van der Waals surface area contributed by atoms with Crippen LogP contribution in [0.15, 0.2) is 53.7 Å². The average molecular weight is 475 g/mol. The summed E-state index contributed by atoms with van der Waals surface area (Å²) in [5, 5.41) is 8.28. The zero-order chi connectivity index (χ0) is 24.7. The van der Waals surface area contributed by atoms with Crippen molar-refractivity contribution in [2.75, 3.05) is 26.1 Å². The molecule has 0 saturated heterocycles. The minimum absolute atomic E-state index is 0.124. The Hall–Kier alpha value is -3.81. The summed E-state index contributed by atoms with van der Waals surface area (Å²) in [6.07, 6.45) is 1.26. The molecule has 1 unspecified atom stereocenters. The van der Waals surface area contributed by atoms with Gasteiger partial charge in [0.2, 0.25) is 5.95 Å². The molecule has 35 heavy (non-hydrogen) atoms. The van der Waals surface area contributed by atoms with Gasteiger partial charge in [-0.1, -0.05) is 26.0 Å². The smallest absolute Gasteiger partial charge is 0.226 e. The maximum atomic E-state index is 13.4. The second kappa shape index (κ2) is 8.76. The van der Waals surface area contributed by atoms with Gasteiger partial charge in [0.05, 0.1) is 20.8 Å². The molecule has 0 spiro atoms. The van der Waals surface area contributed by atoms with Crippen LogP contribution in [0.5, 0.6) is 17.2 Å². The van der Waals surface area contributed by atoms with E-state index in [2.05, 4.69) is 19.2 Å². The first-order chi connectivity index (χ1) is 16.8. The van der Waals surface area contributed by atoms with Crippen LogP contribution in [0.3, 0.4) is 0 Å². The number of nitrogens with zero attached hydrogens (tertiary/aromatic N) is 3. The molecule has 8 nitrogen and oxygen atoms in total. The summed E-state index contributed by atoms with van der Waals surface area (Å²) in [5.41, 5.74) is 3.30. The quantitative estimate of drug-likeness (QED) is 0.537. The normalized spacial score (nSPS) is 18.4. The van der Waals surface area contributed by atoms with Gasteiger partial charge in [0, 0.05) is 23.3 Å². The number of hydrogen-bond acceptors (Lipinski definition) is 7. The molecule has 1 N–H and O–H groups in total. The number of allylic oxidation sites excluding steroid dienone is 2. The summed E-state index contributed by atoms with van der Waals surface area (Å²) in [7, 11) is 3.20. The number of ketones is 1. The van der Waals surface area contributed by atoms with Crippen molar-refractivity contribution in [3.8, 4) is 28.6 Å². The lowest BCUT2D eigenvalue weighted by atomic mass is 9.73. The topological polar surface area (TPSA) is 87.5 Å². The fourth-order valence-corrected chi connectivity index (χ4v) is 4.93. The Bertz CT molecular complexity index is 1310. The van der Waals surface area contributed by atoms with Crippen molar-refractivity contribution in [3.05, 3.63) is 59.3 Å². The first kappa shape index (κ1) is 23.0. The Morgan fingerprint density at radius 2 is 1.80 bits per heavy atom. The van der Waals surface area contributed by atoms with E-state index < -0.39 is 0 Å². The highest BCUT2D eigenvalue weighted by Crippen LogP contribution is 2.46. The first-order valence-corrected chi connectivity index (χ1v) is 11.8. The predicted molar refractivity (Wildman–Crippen MR) is 133 cm³/mol. The molecule has 0 fully saturated rings. The van der Waals surface area contributed by atoms with E-state index in [4.69, 9.17) is 24.3 Å². The number of carbonyl (C=O) groups is 1. The lowest BCUT2D eigenvalue weighted by molar-refractivity contribution is -0.118. The molecular formula is C27H30N4O4. The third-order valence-corrected chi connectivity index (χ3v) is 6.48. The minimum Gasteiger partial charge on any atom is -0.494 e. The average Bonchev–Trinajstić information content (AvgIpc) is 3.26. The van der Waals surface area contributed by atoms with E-state index in [9.17, 15) is 4.79 Å². The molecule has 1 aliphatic carbocycles. The van der Waals surface area contributed by atoms with Gasteiger partial charge >= 0.3 is 0 Å². The maximum Gasteiger partial charge on any atom is 0.226 e. The van der Waals surface area contributed by atoms with Crippen LogP contribution in [0, 0.1) is 5.41 Å². The fraction of sp³-hybridized carbons (Fsp3) is 0.370. The summed E-state index contributed by atoms with van der Waals surface area (Å²) in [4.78, 5) is 18.2. The molecule has 8 heteroatoms. The van der Waals surface area contributed by atoms with Gasteiger partial charge in [-0.2, -0.15) is 4.98 Å². The highest BCUT2D eigenvalue weighted by Gasteiger charge is 2.42. The maximum absolute atomic E-state index is 13.4. The van der Waals surface area contributed by atoms with Crippen molar-refractivity contribution in [3.63, 3.8) is 0 Å². The number of hydrogen-bond donors (Lipinski definition) is 1. The molecule has 3 aromatic rings. The third kappa shape index (κ3) is 4.13. The summed E-state index contributed by atoms with van der Waals surface area (Å²) in [6, 6.07) is 13.1. The number of fused-ring (bicyclic) bond motifs is 1. The molecular weight excluding hydrogens is 444 g/mol. The number of ether oxygens (including phenoxy) is 3. The second-order valence-corrected chi connectivity index (χ2v) is 9.64. The van der Waals surface area contributed by atoms with Crippen molar-refractivity contribution in [1.82, 2.24) is 14.8 Å². The van der Waals surface area contributed by atoms with Crippen LogP contribution in [-0.2, 0) is 4.79 Å². The molecule has 2 aliphatic rings. The lowest BCUT2D eigenvalue weighted by Gasteiger charge is -2.38. The number of aromatic nitrogens is 3. The Balaban J connectivity index is 1.62. The van der Waals surface area contributed by atoms with E-state index in [1.807, 2.05) is 54.1 Å². The summed E-state index contributed by atoms with van der Waals surface area (Å²) >= 11 is 0. The van der Waals surface area contributed by atoms with Crippen molar-refractivity contribution >= 4 is 11.7 Å². The minimum atomic E-state index is -0.373. The lowest BCUT2D eigenvalue weighted by Crippen LogP contribution is -2.36. The standard InChI is InChI=1S/C27H30N4O4/c1-6-35-18-10-7-16(8-11-18)24-23-19(14-27(2,3)15-20(23)32)28-26-29-25(30-31(24)26)17-9-12-21(33-4)22(13-17)34-5/h7-13,24H,6,14-15H2,1-5H3,(H,28,29,30). The van der Waals surface area contributed by atoms with Gasteiger partial charge in [0.25, 0.3) is 0 Å². The van der Waals surface area contributed by atoms with Crippen molar-refractivity contribution in [2.24, 2.45) is 5.41 Å². The molecule has 182 valence electrons. The summed E-state index contributed by atoms with van der Waals surface area (Å²) in [6.45, 7) is 6.79. The van der Waals surface area contributed by atoms with Gasteiger partial charge in [-0.25, -0.2) is 4.68 Å². The van der Waals surface area contributed by atoms with E-state index in [1.54, 1.807) is 14.2 Å². The van der Waals surface area contributed by atoms with Crippen LogP contribution in [0.2, 0.25) is 0 Å². The van der Waals surface area contributed by atoms with E-state index in [0.29, 0.717) is 36.3 Å². The highest BCUT2D eigenvalue weighted by atomic mass is 16.5. The molecule has 1 aliphatic heterocycles. The summed E-state index contributed by atoms with van der Waals surface area (Å²) in [5.74, 6) is 3.31. The molecule has 0 radical (unpaired) electrons. The molecule has 0 amide bonds. The number of rotatable bonds is 6. The molecule has 1 aromatic heterocycles. The Morgan fingerprint density at radius 3 is 2.49 bits per heavy atom. The van der Waals surface area contributed by atoms with E-state index >= 15 is 0 Å². The van der Waals surface area contributed by atoms with Crippen molar-refractivity contribution < 1.29 is 19.0 Å². The summed E-state index contributed by atoms with van der Waals surface area (Å²) < 4.78 is 18.3. The van der Waals surface area contributed by atoms with Crippen molar-refractivity contribution in [2.45, 2.75) is 39.7 Å². The molecule has 1 atom stereocenters. The van der Waals surface area contributed by atoms with Crippen LogP contribution in [0.4, 0.5) is 5.95 Å². The Morgan fingerprint density at radius 1 is 1.06 bits per heavy atom. The first-order valence-electron chi connectivity index (χ1n) is 11.8. The SMILES string of the molecule is CCOc1ccc(C2C3=C(CC(C)(C)CC3=O)Nc3nc(-c4ccc(OC)c(OC)c4)nn32)cc1. The number of anilines is 1. The number of benzene rings is 2. The molecule has 0 bridgehead atoms. The van der Waals surface area contributed by atoms with Crippen LogP contribution in [0.25, 0.3) is 11.4 Å². The van der Waals surface area contributed by atoms with Crippen LogP contribution >= 0.6 is 0 Å². The fourth-order valence-electron chi connectivity index (χ4n) is 4.93. The second-order valence-electron chi connectivity index (χ2n) is 9.64. The zero-order valence-corrected chi connectivity index (χ0v) is 20.7. The largest absolute Gasteiger partial charge is 0.494 e. The number of methoxy groups -OCH3 is 2. The van der Waals surface area contributed by atoms with Gasteiger partial charge in [-0.3, -0.25) is 4.79 Å².